The molecule has 0 amide bonds. The molecule has 24 heavy (non-hydrogen) atoms. The van der Waals surface area contributed by atoms with Crippen LogP contribution in [0.25, 0.3) is 0 Å². The SMILES string of the molecule is CCN(CC)CCC1(c2ccccc2)C(=O)Oc2ccccc21.Cl. The summed E-state index contributed by atoms with van der Waals surface area (Å²) in [5, 5.41) is 0. The molecular formula is C20H24ClNO2. The van der Waals surface area contributed by atoms with Crippen LogP contribution in [0.4, 0.5) is 0 Å². The van der Waals surface area contributed by atoms with Crippen molar-refractivity contribution in [3.05, 3.63) is 65.7 Å². The van der Waals surface area contributed by atoms with Crippen LogP contribution in [0.2, 0.25) is 0 Å². The van der Waals surface area contributed by atoms with Gasteiger partial charge in [-0.05, 0) is 37.7 Å². The number of carbonyl (C=O) groups is 1. The smallest absolute Gasteiger partial charge is 0.326 e. The van der Waals surface area contributed by atoms with E-state index in [1.165, 1.54) is 0 Å². The Bertz CT molecular complexity index is 685. The fraction of sp³-hybridized carbons (Fsp3) is 0.350. The molecule has 128 valence electrons. The first kappa shape index (κ1) is 18.5. The molecule has 1 heterocycles. The Morgan fingerprint density at radius 1 is 0.958 bits per heavy atom. The summed E-state index contributed by atoms with van der Waals surface area (Å²) in [5.74, 6) is 0.540. The summed E-state index contributed by atoms with van der Waals surface area (Å²) >= 11 is 0. The minimum atomic E-state index is -0.694. The number of esters is 1. The molecule has 0 saturated heterocycles. The van der Waals surface area contributed by atoms with Crippen LogP contribution in [-0.2, 0) is 10.2 Å². The van der Waals surface area contributed by atoms with Gasteiger partial charge in [0.15, 0.2) is 0 Å². The molecule has 0 saturated carbocycles. The second kappa shape index (κ2) is 7.82. The molecule has 1 aliphatic heterocycles. The van der Waals surface area contributed by atoms with Crippen molar-refractivity contribution in [2.45, 2.75) is 25.7 Å². The Balaban J connectivity index is 0.00000208. The van der Waals surface area contributed by atoms with E-state index >= 15 is 0 Å². The van der Waals surface area contributed by atoms with Gasteiger partial charge < -0.3 is 9.64 Å². The largest absolute Gasteiger partial charge is 0.425 e. The number of benzene rings is 2. The lowest BCUT2D eigenvalue weighted by Crippen LogP contribution is -2.39. The van der Waals surface area contributed by atoms with Crippen molar-refractivity contribution in [3.8, 4) is 5.75 Å². The lowest BCUT2D eigenvalue weighted by molar-refractivity contribution is -0.137. The van der Waals surface area contributed by atoms with Gasteiger partial charge >= 0.3 is 5.97 Å². The molecule has 0 spiro atoms. The summed E-state index contributed by atoms with van der Waals surface area (Å²) < 4.78 is 5.62. The molecular weight excluding hydrogens is 322 g/mol. The van der Waals surface area contributed by atoms with Crippen molar-refractivity contribution in [2.75, 3.05) is 19.6 Å². The lowest BCUT2D eigenvalue weighted by Gasteiger charge is -2.29. The van der Waals surface area contributed by atoms with Crippen molar-refractivity contribution < 1.29 is 9.53 Å². The van der Waals surface area contributed by atoms with Crippen molar-refractivity contribution >= 4 is 18.4 Å². The summed E-state index contributed by atoms with van der Waals surface area (Å²) in [7, 11) is 0. The zero-order chi connectivity index (χ0) is 16.3. The Morgan fingerprint density at radius 2 is 1.58 bits per heavy atom. The molecule has 4 heteroatoms. The Morgan fingerprint density at radius 3 is 2.25 bits per heavy atom. The second-order valence-electron chi connectivity index (χ2n) is 5.93. The Hall–Kier alpha value is -1.84. The van der Waals surface area contributed by atoms with Gasteiger partial charge in [0.05, 0.1) is 0 Å². The number of carbonyl (C=O) groups excluding carboxylic acids is 1. The molecule has 1 atom stereocenters. The quantitative estimate of drug-likeness (QED) is 0.584. The van der Waals surface area contributed by atoms with E-state index in [0.29, 0.717) is 5.75 Å². The molecule has 3 nitrogen and oxygen atoms in total. The molecule has 0 aliphatic carbocycles. The van der Waals surface area contributed by atoms with E-state index in [4.69, 9.17) is 4.74 Å². The highest BCUT2D eigenvalue weighted by Crippen LogP contribution is 2.46. The molecule has 1 aliphatic rings. The fourth-order valence-electron chi connectivity index (χ4n) is 3.45. The predicted molar refractivity (Wildman–Crippen MR) is 99.0 cm³/mol. The number of ether oxygens (including phenoxy) is 1. The first-order chi connectivity index (χ1) is 11.2. The van der Waals surface area contributed by atoms with Gasteiger partial charge in [-0.25, -0.2) is 0 Å². The van der Waals surface area contributed by atoms with Crippen molar-refractivity contribution in [3.63, 3.8) is 0 Å². The third kappa shape index (κ3) is 3.06. The van der Waals surface area contributed by atoms with Crippen LogP contribution in [0, 0.1) is 0 Å². The number of hydrogen-bond acceptors (Lipinski definition) is 3. The van der Waals surface area contributed by atoms with Gasteiger partial charge in [-0.2, -0.15) is 0 Å². The van der Waals surface area contributed by atoms with E-state index in [0.717, 1.165) is 37.2 Å². The van der Waals surface area contributed by atoms with Gasteiger partial charge in [0.2, 0.25) is 0 Å². The van der Waals surface area contributed by atoms with Crippen LogP contribution in [0.5, 0.6) is 5.75 Å². The van der Waals surface area contributed by atoms with E-state index in [9.17, 15) is 4.79 Å². The Labute approximate surface area is 150 Å². The number of fused-ring (bicyclic) bond motifs is 1. The Kier molecular flexibility index (Phi) is 6.03. The highest BCUT2D eigenvalue weighted by atomic mass is 35.5. The lowest BCUT2D eigenvalue weighted by atomic mass is 9.73. The maximum absolute atomic E-state index is 12.9. The average molecular weight is 346 g/mol. The van der Waals surface area contributed by atoms with Crippen molar-refractivity contribution in [1.29, 1.82) is 0 Å². The maximum atomic E-state index is 12.9. The van der Waals surface area contributed by atoms with Gasteiger partial charge in [-0.15, -0.1) is 12.4 Å². The van der Waals surface area contributed by atoms with Gasteiger partial charge in [0, 0.05) is 5.56 Å². The molecule has 0 bridgehead atoms. The predicted octanol–water partition coefficient (Wildman–Crippen LogP) is 4.05. The third-order valence-corrected chi connectivity index (χ3v) is 4.86. The van der Waals surface area contributed by atoms with Crippen LogP contribution in [-0.4, -0.2) is 30.5 Å². The van der Waals surface area contributed by atoms with Gasteiger partial charge in [-0.3, -0.25) is 4.79 Å². The summed E-state index contributed by atoms with van der Waals surface area (Å²) in [6, 6.07) is 17.8. The van der Waals surface area contributed by atoms with E-state index in [-0.39, 0.29) is 18.4 Å². The number of hydrogen-bond donors (Lipinski definition) is 0. The molecule has 2 aromatic carbocycles. The molecule has 0 radical (unpaired) electrons. The zero-order valence-electron chi connectivity index (χ0n) is 14.2. The highest BCUT2D eigenvalue weighted by Gasteiger charge is 2.50. The minimum Gasteiger partial charge on any atom is -0.425 e. The summed E-state index contributed by atoms with van der Waals surface area (Å²) in [6.45, 7) is 7.14. The molecule has 0 N–H and O–H groups in total. The van der Waals surface area contributed by atoms with Gasteiger partial charge in [0.25, 0.3) is 0 Å². The van der Waals surface area contributed by atoms with Gasteiger partial charge in [0.1, 0.15) is 11.2 Å². The van der Waals surface area contributed by atoms with Crippen molar-refractivity contribution in [2.24, 2.45) is 0 Å². The van der Waals surface area contributed by atoms with Crippen LogP contribution >= 0.6 is 12.4 Å². The summed E-state index contributed by atoms with van der Waals surface area (Å²) in [4.78, 5) is 15.2. The van der Waals surface area contributed by atoms with Crippen molar-refractivity contribution in [1.82, 2.24) is 4.90 Å². The topological polar surface area (TPSA) is 29.5 Å². The van der Waals surface area contributed by atoms with Gasteiger partial charge in [-0.1, -0.05) is 62.4 Å². The van der Waals surface area contributed by atoms with Crippen LogP contribution in [0.3, 0.4) is 0 Å². The van der Waals surface area contributed by atoms with E-state index in [2.05, 4.69) is 18.7 Å². The van der Waals surface area contributed by atoms with E-state index < -0.39 is 5.41 Å². The monoisotopic (exact) mass is 345 g/mol. The number of para-hydroxylation sites is 1. The fourth-order valence-corrected chi connectivity index (χ4v) is 3.45. The minimum absolute atomic E-state index is 0. The normalized spacial score (nSPS) is 18.9. The van der Waals surface area contributed by atoms with Crippen LogP contribution in [0.15, 0.2) is 54.6 Å². The number of nitrogens with zero attached hydrogens (tertiary/aromatic N) is 1. The molecule has 0 aromatic heterocycles. The standard InChI is InChI=1S/C20H23NO2.ClH/c1-3-21(4-2)15-14-20(16-10-6-5-7-11-16)17-12-8-9-13-18(17)23-19(20)22;/h5-13H,3-4,14-15H2,1-2H3;1H. The van der Waals surface area contributed by atoms with E-state index in [1.807, 2.05) is 54.6 Å². The van der Waals surface area contributed by atoms with Crippen LogP contribution in [0.1, 0.15) is 31.4 Å². The zero-order valence-corrected chi connectivity index (χ0v) is 15.0. The average Bonchev–Trinajstić information content (AvgIpc) is 2.89. The maximum Gasteiger partial charge on any atom is 0.326 e. The first-order valence-electron chi connectivity index (χ1n) is 8.32. The third-order valence-electron chi connectivity index (χ3n) is 4.86. The summed E-state index contributed by atoms with van der Waals surface area (Å²) in [5.41, 5.74) is 1.31. The first-order valence-corrected chi connectivity index (χ1v) is 8.32. The highest BCUT2D eigenvalue weighted by molar-refractivity contribution is 5.94. The molecule has 1 unspecified atom stereocenters. The second-order valence-corrected chi connectivity index (χ2v) is 5.93. The molecule has 2 aromatic rings. The number of halogens is 1. The molecule has 0 fully saturated rings. The molecule has 3 rings (SSSR count). The van der Waals surface area contributed by atoms with Crippen LogP contribution < -0.4 is 4.74 Å². The number of rotatable bonds is 6. The summed E-state index contributed by atoms with van der Waals surface area (Å²) in [6.07, 6.45) is 0.731. The van der Waals surface area contributed by atoms with E-state index in [1.54, 1.807) is 0 Å².